The molecular weight excluding hydrogens is 236 g/mol. The Hall–Kier alpha value is -1.30. The highest BCUT2D eigenvalue weighted by atomic mass is 16.4. The molecule has 18 heavy (non-hydrogen) atoms. The van der Waals surface area contributed by atoms with Gasteiger partial charge in [-0.05, 0) is 25.2 Å². The molecule has 1 aliphatic rings. The molecule has 104 valence electrons. The molecule has 1 saturated carbocycles. The molecule has 0 saturated heterocycles. The van der Waals surface area contributed by atoms with Crippen LogP contribution in [0.15, 0.2) is 0 Å². The summed E-state index contributed by atoms with van der Waals surface area (Å²) in [6.07, 6.45) is 1.74. The van der Waals surface area contributed by atoms with Gasteiger partial charge in [-0.3, -0.25) is 4.79 Å². The average molecular weight is 258 g/mol. The Morgan fingerprint density at radius 3 is 2.56 bits per heavy atom. The number of nitrogens with one attached hydrogen (secondary N) is 1. The lowest BCUT2D eigenvalue weighted by Gasteiger charge is -2.34. The van der Waals surface area contributed by atoms with Gasteiger partial charge in [0.25, 0.3) is 0 Å². The zero-order valence-corrected chi connectivity index (χ0v) is 10.9. The summed E-state index contributed by atoms with van der Waals surface area (Å²) in [6.45, 7) is 2.62. The number of nitrogens with zero attached hydrogens (tertiary/aromatic N) is 1. The summed E-state index contributed by atoms with van der Waals surface area (Å²) in [5.74, 6) is -0.910. The number of aliphatic hydroxyl groups excluding tert-OH is 1. The third kappa shape index (κ3) is 4.52. The standard InChI is InChI=1S/C12H22N2O4/c1-8(11(16)17)3-4-13-12(18)14(2)7-9-5-10(15)6-9/h8-10,15H,3-7H2,1-2H3,(H,13,18)(H,16,17). The van der Waals surface area contributed by atoms with E-state index in [1.54, 1.807) is 18.9 Å². The highest BCUT2D eigenvalue weighted by Crippen LogP contribution is 2.27. The largest absolute Gasteiger partial charge is 0.481 e. The van der Waals surface area contributed by atoms with Gasteiger partial charge in [0, 0.05) is 20.1 Å². The minimum atomic E-state index is -0.846. The van der Waals surface area contributed by atoms with E-state index in [-0.39, 0.29) is 12.1 Å². The van der Waals surface area contributed by atoms with Crippen LogP contribution in [-0.4, -0.2) is 53.4 Å². The smallest absolute Gasteiger partial charge is 0.317 e. The molecule has 0 aromatic rings. The van der Waals surface area contributed by atoms with Crippen LogP contribution >= 0.6 is 0 Å². The first-order valence-corrected chi connectivity index (χ1v) is 6.30. The van der Waals surface area contributed by atoms with Crippen LogP contribution in [0.4, 0.5) is 4.79 Å². The van der Waals surface area contributed by atoms with Gasteiger partial charge in [-0.15, -0.1) is 0 Å². The second-order valence-corrected chi connectivity index (χ2v) is 5.13. The number of urea groups is 1. The molecule has 0 aliphatic heterocycles. The average Bonchev–Trinajstić information content (AvgIpc) is 2.26. The molecule has 1 rings (SSSR count). The second kappa shape index (κ2) is 6.58. The molecule has 0 bridgehead atoms. The SMILES string of the molecule is CC(CCNC(=O)N(C)CC1CC(O)C1)C(=O)O. The molecule has 1 unspecified atom stereocenters. The number of aliphatic hydroxyl groups is 1. The number of aliphatic carboxylic acids is 1. The van der Waals surface area contributed by atoms with E-state index in [4.69, 9.17) is 10.2 Å². The molecule has 6 nitrogen and oxygen atoms in total. The Bertz CT molecular complexity index is 302. The van der Waals surface area contributed by atoms with E-state index in [0.717, 1.165) is 12.8 Å². The van der Waals surface area contributed by atoms with Crippen LogP contribution in [0.25, 0.3) is 0 Å². The van der Waals surface area contributed by atoms with E-state index < -0.39 is 11.9 Å². The van der Waals surface area contributed by atoms with Gasteiger partial charge in [0.05, 0.1) is 12.0 Å². The minimum absolute atomic E-state index is 0.186. The van der Waals surface area contributed by atoms with Crippen LogP contribution in [0.5, 0.6) is 0 Å². The monoisotopic (exact) mass is 258 g/mol. The summed E-state index contributed by atoms with van der Waals surface area (Å²) in [4.78, 5) is 23.8. The molecule has 6 heteroatoms. The van der Waals surface area contributed by atoms with Crippen LogP contribution in [0.1, 0.15) is 26.2 Å². The number of hydrogen-bond acceptors (Lipinski definition) is 3. The Balaban J connectivity index is 2.14. The summed E-state index contributed by atoms with van der Waals surface area (Å²) in [7, 11) is 1.71. The van der Waals surface area contributed by atoms with Gasteiger partial charge in [-0.1, -0.05) is 6.92 Å². The number of carbonyl (C=O) groups excluding carboxylic acids is 1. The van der Waals surface area contributed by atoms with Crippen molar-refractivity contribution in [3.05, 3.63) is 0 Å². The third-order valence-electron chi connectivity index (χ3n) is 3.36. The molecule has 2 amide bonds. The molecule has 0 radical (unpaired) electrons. The lowest BCUT2D eigenvalue weighted by molar-refractivity contribution is -0.141. The van der Waals surface area contributed by atoms with Crippen molar-refractivity contribution < 1.29 is 19.8 Å². The lowest BCUT2D eigenvalue weighted by Crippen LogP contribution is -2.44. The van der Waals surface area contributed by atoms with E-state index in [2.05, 4.69) is 5.32 Å². The fourth-order valence-corrected chi connectivity index (χ4v) is 1.97. The van der Waals surface area contributed by atoms with E-state index >= 15 is 0 Å². The maximum absolute atomic E-state index is 11.7. The molecule has 3 N–H and O–H groups in total. The minimum Gasteiger partial charge on any atom is -0.481 e. The van der Waals surface area contributed by atoms with Crippen LogP contribution < -0.4 is 5.32 Å². The first-order valence-electron chi connectivity index (χ1n) is 6.30. The van der Waals surface area contributed by atoms with Crippen molar-refractivity contribution in [2.45, 2.75) is 32.3 Å². The van der Waals surface area contributed by atoms with Gasteiger partial charge in [0.15, 0.2) is 0 Å². The van der Waals surface area contributed by atoms with Crippen molar-refractivity contribution in [2.75, 3.05) is 20.1 Å². The third-order valence-corrected chi connectivity index (χ3v) is 3.36. The van der Waals surface area contributed by atoms with Gasteiger partial charge >= 0.3 is 12.0 Å². The molecule has 1 atom stereocenters. The number of amides is 2. The van der Waals surface area contributed by atoms with Gasteiger partial charge in [-0.25, -0.2) is 4.79 Å². The Morgan fingerprint density at radius 2 is 2.06 bits per heavy atom. The van der Waals surface area contributed by atoms with Crippen molar-refractivity contribution in [3.8, 4) is 0 Å². The topological polar surface area (TPSA) is 89.9 Å². The maximum atomic E-state index is 11.7. The fraction of sp³-hybridized carbons (Fsp3) is 0.833. The summed E-state index contributed by atoms with van der Waals surface area (Å²) in [5.41, 5.74) is 0. The molecule has 1 fully saturated rings. The molecule has 0 heterocycles. The zero-order chi connectivity index (χ0) is 13.7. The Labute approximate surface area is 107 Å². The molecular formula is C12H22N2O4. The number of hydrogen-bond donors (Lipinski definition) is 3. The summed E-state index contributed by atoms with van der Waals surface area (Å²) in [6, 6.07) is -0.186. The van der Waals surface area contributed by atoms with Crippen LogP contribution in [0.2, 0.25) is 0 Å². The normalized spacial score (nSPS) is 23.9. The van der Waals surface area contributed by atoms with E-state index in [1.165, 1.54) is 0 Å². The van der Waals surface area contributed by atoms with E-state index in [0.29, 0.717) is 25.4 Å². The molecule has 1 aliphatic carbocycles. The lowest BCUT2D eigenvalue weighted by atomic mass is 9.82. The predicted octanol–water partition coefficient (Wildman–Crippen LogP) is 0.509. The van der Waals surface area contributed by atoms with Gasteiger partial charge < -0.3 is 20.4 Å². The quantitative estimate of drug-likeness (QED) is 0.647. The van der Waals surface area contributed by atoms with E-state index in [1.807, 2.05) is 0 Å². The van der Waals surface area contributed by atoms with Gasteiger partial charge in [-0.2, -0.15) is 0 Å². The number of carbonyl (C=O) groups is 2. The molecule has 0 aromatic carbocycles. The molecule has 0 aromatic heterocycles. The summed E-state index contributed by atoms with van der Waals surface area (Å²) in [5, 5.41) is 20.5. The second-order valence-electron chi connectivity index (χ2n) is 5.13. The maximum Gasteiger partial charge on any atom is 0.317 e. The number of carboxylic acid groups (broad SMARTS) is 1. The van der Waals surface area contributed by atoms with Crippen LogP contribution in [0, 0.1) is 11.8 Å². The first-order chi connectivity index (χ1) is 8.40. The van der Waals surface area contributed by atoms with Crippen LogP contribution in [-0.2, 0) is 4.79 Å². The summed E-state index contributed by atoms with van der Waals surface area (Å²) < 4.78 is 0. The van der Waals surface area contributed by atoms with Crippen molar-refractivity contribution >= 4 is 12.0 Å². The van der Waals surface area contributed by atoms with Crippen molar-refractivity contribution in [3.63, 3.8) is 0 Å². The van der Waals surface area contributed by atoms with Crippen molar-refractivity contribution in [2.24, 2.45) is 11.8 Å². The number of rotatable bonds is 6. The zero-order valence-electron chi connectivity index (χ0n) is 10.9. The fourth-order valence-electron chi connectivity index (χ4n) is 1.97. The Morgan fingerprint density at radius 1 is 1.44 bits per heavy atom. The first kappa shape index (κ1) is 14.8. The highest BCUT2D eigenvalue weighted by molar-refractivity contribution is 5.74. The highest BCUT2D eigenvalue weighted by Gasteiger charge is 2.28. The van der Waals surface area contributed by atoms with Gasteiger partial charge in [0.2, 0.25) is 0 Å². The number of carboxylic acids is 1. The van der Waals surface area contributed by atoms with E-state index in [9.17, 15) is 9.59 Å². The van der Waals surface area contributed by atoms with Crippen LogP contribution in [0.3, 0.4) is 0 Å². The predicted molar refractivity (Wildman–Crippen MR) is 66.2 cm³/mol. The van der Waals surface area contributed by atoms with Crippen molar-refractivity contribution in [1.82, 2.24) is 10.2 Å². The Kier molecular flexibility index (Phi) is 5.40. The summed E-state index contributed by atoms with van der Waals surface area (Å²) >= 11 is 0. The molecule has 0 spiro atoms. The van der Waals surface area contributed by atoms with Crippen molar-refractivity contribution in [1.29, 1.82) is 0 Å². The van der Waals surface area contributed by atoms with Gasteiger partial charge in [0.1, 0.15) is 0 Å².